The smallest absolute Gasteiger partial charge is 0.250 e. The zero-order valence-corrected chi connectivity index (χ0v) is 19.7. The lowest BCUT2D eigenvalue weighted by Gasteiger charge is -2.10. The van der Waals surface area contributed by atoms with Crippen molar-refractivity contribution in [2.24, 2.45) is 5.10 Å². The van der Waals surface area contributed by atoms with Crippen LogP contribution in [0.4, 0.5) is 0 Å². The van der Waals surface area contributed by atoms with Gasteiger partial charge in [0, 0.05) is 15.7 Å². The fourth-order valence-corrected chi connectivity index (χ4v) is 4.04. The first kappa shape index (κ1) is 22.0. The molecule has 0 atom stereocenters. The highest BCUT2D eigenvalue weighted by molar-refractivity contribution is 9.10. The van der Waals surface area contributed by atoms with E-state index in [1.807, 2.05) is 90.4 Å². The lowest BCUT2D eigenvalue weighted by Crippen LogP contribution is -2.20. The minimum absolute atomic E-state index is 0.163. The number of carbonyl (C=O) groups is 1. The lowest BCUT2D eigenvalue weighted by molar-refractivity contribution is -0.118. The molecule has 0 bridgehead atoms. The fraction of sp³-hybridized carbons (Fsp3) is 0.0833. The largest absolute Gasteiger partial charge is 0.272 e. The van der Waals surface area contributed by atoms with E-state index in [2.05, 4.69) is 36.7 Å². The SMILES string of the molecule is Cc1ccccc1/C=N\NC(=O)CSc1nnc(-c2ccc(Br)cc2)n1-c1ccccc1. The number of hydrazone groups is 1. The molecule has 160 valence electrons. The van der Waals surface area contributed by atoms with E-state index in [4.69, 9.17) is 0 Å². The van der Waals surface area contributed by atoms with E-state index in [0.717, 1.165) is 26.9 Å². The summed E-state index contributed by atoms with van der Waals surface area (Å²) in [6, 6.07) is 25.6. The summed E-state index contributed by atoms with van der Waals surface area (Å²) in [4.78, 5) is 12.3. The third kappa shape index (κ3) is 5.33. The predicted octanol–water partition coefficient (Wildman–Crippen LogP) is 5.25. The highest BCUT2D eigenvalue weighted by Crippen LogP contribution is 2.28. The molecule has 6 nitrogen and oxygen atoms in total. The Kier molecular flexibility index (Phi) is 7.14. The van der Waals surface area contributed by atoms with Crippen LogP contribution in [0.15, 0.2) is 93.6 Å². The molecule has 1 aromatic heterocycles. The molecule has 0 aliphatic heterocycles. The van der Waals surface area contributed by atoms with E-state index in [1.54, 1.807) is 6.21 Å². The summed E-state index contributed by atoms with van der Waals surface area (Å²) in [7, 11) is 0. The van der Waals surface area contributed by atoms with E-state index in [0.29, 0.717) is 11.0 Å². The van der Waals surface area contributed by atoms with Crippen molar-refractivity contribution in [2.75, 3.05) is 5.75 Å². The van der Waals surface area contributed by atoms with Crippen molar-refractivity contribution in [1.82, 2.24) is 20.2 Å². The van der Waals surface area contributed by atoms with Crippen molar-refractivity contribution in [3.63, 3.8) is 0 Å². The van der Waals surface area contributed by atoms with Crippen molar-refractivity contribution in [2.45, 2.75) is 12.1 Å². The molecule has 32 heavy (non-hydrogen) atoms. The number of carbonyl (C=O) groups excluding carboxylic acids is 1. The zero-order valence-electron chi connectivity index (χ0n) is 17.3. The lowest BCUT2D eigenvalue weighted by atomic mass is 10.1. The van der Waals surface area contributed by atoms with Gasteiger partial charge in [-0.1, -0.05) is 82.3 Å². The van der Waals surface area contributed by atoms with Crippen molar-refractivity contribution >= 4 is 39.8 Å². The van der Waals surface area contributed by atoms with Gasteiger partial charge in [0.25, 0.3) is 5.91 Å². The number of hydrogen-bond donors (Lipinski definition) is 1. The van der Waals surface area contributed by atoms with E-state index in [1.165, 1.54) is 11.8 Å². The second-order valence-corrected chi connectivity index (χ2v) is 8.78. The Morgan fingerprint density at radius 3 is 2.50 bits per heavy atom. The number of nitrogens with zero attached hydrogens (tertiary/aromatic N) is 4. The molecular formula is C24H20BrN5OS. The van der Waals surface area contributed by atoms with Crippen molar-refractivity contribution < 1.29 is 4.79 Å². The van der Waals surface area contributed by atoms with Gasteiger partial charge in [-0.05, 0) is 42.3 Å². The number of benzene rings is 3. The molecule has 4 rings (SSSR count). The molecule has 3 aromatic carbocycles. The Hall–Kier alpha value is -3.23. The maximum Gasteiger partial charge on any atom is 0.250 e. The molecule has 0 spiro atoms. The van der Waals surface area contributed by atoms with Crippen LogP contribution in [-0.2, 0) is 4.79 Å². The first-order valence-electron chi connectivity index (χ1n) is 9.89. The molecule has 0 unspecified atom stereocenters. The second-order valence-electron chi connectivity index (χ2n) is 6.92. The van der Waals surface area contributed by atoms with E-state index in [-0.39, 0.29) is 11.7 Å². The third-order valence-corrected chi connectivity index (χ3v) is 6.12. The van der Waals surface area contributed by atoms with Gasteiger partial charge in [-0.2, -0.15) is 5.10 Å². The van der Waals surface area contributed by atoms with Gasteiger partial charge in [0.15, 0.2) is 11.0 Å². The number of halogens is 1. The Balaban J connectivity index is 1.50. The van der Waals surface area contributed by atoms with Crippen molar-refractivity contribution in [3.8, 4) is 17.1 Å². The van der Waals surface area contributed by atoms with E-state index >= 15 is 0 Å². The van der Waals surface area contributed by atoms with Crippen molar-refractivity contribution in [1.29, 1.82) is 0 Å². The van der Waals surface area contributed by atoms with Crippen molar-refractivity contribution in [3.05, 3.63) is 94.5 Å². The van der Waals surface area contributed by atoms with Gasteiger partial charge in [-0.3, -0.25) is 9.36 Å². The zero-order chi connectivity index (χ0) is 22.3. The quantitative estimate of drug-likeness (QED) is 0.211. The first-order valence-corrected chi connectivity index (χ1v) is 11.7. The number of nitrogens with one attached hydrogen (secondary N) is 1. The number of para-hydroxylation sites is 1. The van der Waals surface area contributed by atoms with Crippen LogP contribution in [0.25, 0.3) is 17.1 Å². The average Bonchev–Trinajstić information content (AvgIpc) is 3.24. The minimum Gasteiger partial charge on any atom is -0.272 e. The number of rotatable bonds is 7. The minimum atomic E-state index is -0.215. The number of hydrogen-bond acceptors (Lipinski definition) is 5. The molecule has 0 radical (unpaired) electrons. The standard InChI is InChI=1S/C24H20BrN5OS/c1-17-7-5-6-8-19(17)15-26-27-22(31)16-32-24-29-28-23(18-11-13-20(25)14-12-18)30(24)21-9-3-2-4-10-21/h2-15H,16H2,1H3,(H,27,31)/b26-15-. The topological polar surface area (TPSA) is 72.2 Å². The Bertz CT molecular complexity index is 1240. The maximum absolute atomic E-state index is 12.3. The third-order valence-electron chi connectivity index (χ3n) is 4.66. The fourth-order valence-electron chi connectivity index (χ4n) is 3.03. The van der Waals surface area contributed by atoms with Crippen LogP contribution < -0.4 is 5.43 Å². The number of aromatic nitrogens is 3. The normalized spacial score (nSPS) is 11.1. The molecule has 1 amide bonds. The molecule has 0 fully saturated rings. The van der Waals surface area contributed by atoms with Gasteiger partial charge in [-0.15, -0.1) is 10.2 Å². The Labute approximate surface area is 198 Å². The maximum atomic E-state index is 12.3. The van der Waals surface area contributed by atoms with Crippen LogP contribution in [0.1, 0.15) is 11.1 Å². The Morgan fingerprint density at radius 1 is 1.03 bits per heavy atom. The van der Waals surface area contributed by atoms with E-state index < -0.39 is 0 Å². The summed E-state index contributed by atoms with van der Waals surface area (Å²) in [6.45, 7) is 2.00. The van der Waals surface area contributed by atoms with E-state index in [9.17, 15) is 4.79 Å². The summed E-state index contributed by atoms with van der Waals surface area (Å²) >= 11 is 4.78. The predicted molar refractivity (Wildman–Crippen MR) is 132 cm³/mol. The van der Waals surface area contributed by atoms with Crippen LogP contribution >= 0.6 is 27.7 Å². The molecule has 4 aromatic rings. The van der Waals surface area contributed by atoms with Crippen LogP contribution in [0, 0.1) is 6.92 Å². The number of thioether (sulfide) groups is 1. The average molecular weight is 506 g/mol. The van der Waals surface area contributed by atoms with Gasteiger partial charge < -0.3 is 0 Å². The summed E-state index contributed by atoms with van der Waals surface area (Å²) in [5, 5.41) is 13.4. The number of aryl methyl sites for hydroxylation is 1. The van der Waals surface area contributed by atoms with Gasteiger partial charge in [0.05, 0.1) is 12.0 Å². The highest BCUT2D eigenvalue weighted by Gasteiger charge is 2.17. The van der Waals surface area contributed by atoms with Gasteiger partial charge in [-0.25, -0.2) is 5.43 Å². The van der Waals surface area contributed by atoms with Crippen LogP contribution in [0.3, 0.4) is 0 Å². The second kappa shape index (κ2) is 10.4. The summed E-state index contributed by atoms with van der Waals surface area (Å²) in [6.07, 6.45) is 1.65. The molecule has 0 saturated heterocycles. The van der Waals surface area contributed by atoms with Crippen LogP contribution in [0.5, 0.6) is 0 Å². The molecule has 0 aliphatic carbocycles. The first-order chi connectivity index (χ1) is 15.6. The van der Waals surface area contributed by atoms with Crippen LogP contribution in [0.2, 0.25) is 0 Å². The molecule has 0 saturated carbocycles. The van der Waals surface area contributed by atoms with Gasteiger partial charge >= 0.3 is 0 Å². The van der Waals surface area contributed by atoms with Gasteiger partial charge in [0.1, 0.15) is 0 Å². The number of amides is 1. The molecular weight excluding hydrogens is 486 g/mol. The summed E-state index contributed by atoms with van der Waals surface area (Å²) < 4.78 is 2.95. The molecule has 1 N–H and O–H groups in total. The summed E-state index contributed by atoms with van der Waals surface area (Å²) in [5.41, 5.74) is 6.50. The van der Waals surface area contributed by atoms with Crippen LogP contribution in [-0.4, -0.2) is 32.6 Å². The monoisotopic (exact) mass is 505 g/mol. The molecule has 1 heterocycles. The Morgan fingerprint density at radius 2 is 1.75 bits per heavy atom. The molecule has 8 heteroatoms. The molecule has 0 aliphatic rings. The summed E-state index contributed by atoms with van der Waals surface area (Å²) in [5.74, 6) is 0.660. The van der Waals surface area contributed by atoms with Gasteiger partial charge in [0.2, 0.25) is 0 Å². The highest BCUT2D eigenvalue weighted by atomic mass is 79.9.